The molecule has 0 saturated heterocycles. The quantitative estimate of drug-likeness (QED) is 0.828. The molecule has 0 amide bonds. The molecule has 5 heteroatoms. The summed E-state index contributed by atoms with van der Waals surface area (Å²) in [7, 11) is 1.67. The van der Waals surface area contributed by atoms with Crippen LogP contribution in [0, 0.1) is 6.92 Å². The molecular formula is C13H14ClNO2S. The van der Waals surface area contributed by atoms with Gasteiger partial charge in [-0.1, -0.05) is 16.8 Å². The average molecular weight is 284 g/mol. The summed E-state index contributed by atoms with van der Waals surface area (Å²) in [4.78, 5) is 0. The van der Waals surface area contributed by atoms with Gasteiger partial charge in [0, 0.05) is 28.2 Å². The molecule has 3 nitrogen and oxygen atoms in total. The van der Waals surface area contributed by atoms with E-state index in [0.717, 1.165) is 39.3 Å². The number of aryl methyl sites for hydroxylation is 1. The van der Waals surface area contributed by atoms with Crippen molar-refractivity contribution >= 4 is 23.4 Å². The Bertz CT molecular complexity index is 527. The Balaban J connectivity index is 1.95. The molecule has 96 valence electrons. The highest BCUT2D eigenvalue weighted by molar-refractivity contribution is 7.97. The van der Waals surface area contributed by atoms with E-state index in [9.17, 15) is 0 Å². The smallest absolute Gasteiger partial charge is 0.133 e. The van der Waals surface area contributed by atoms with E-state index in [4.69, 9.17) is 20.9 Å². The van der Waals surface area contributed by atoms with Crippen LogP contribution in [0.2, 0.25) is 5.02 Å². The number of hydrogen-bond donors (Lipinski definition) is 0. The highest BCUT2D eigenvalue weighted by atomic mass is 35.5. The number of nitrogens with zero attached hydrogens (tertiary/aromatic N) is 1. The molecule has 0 atom stereocenters. The van der Waals surface area contributed by atoms with Crippen molar-refractivity contribution in [3.8, 4) is 5.75 Å². The lowest BCUT2D eigenvalue weighted by molar-refractivity contribution is 0.393. The minimum atomic E-state index is 0.726. The molecule has 0 aliphatic rings. The minimum absolute atomic E-state index is 0.726. The molecular weight excluding hydrogens is 270 g/mol. The van der Waals surface area contributed by atoms with Gasteiger partial charge in [0.15, 0.2) is 0 Å². The molecule has 0 aliphatic heterocycles. The van der Waals surface area contributed by atoms with Crippen LogP contribution in [0.25, 0.3) is 0 Å². The Morgan fingerprint density at radius 2 is 2.17 bits per heavy atom. The number of halogens is 1. The topological polar surface area (TPSA) is 35.3 Å². The summed E-state index contributed by atoms with van der Waals surface area (Å²) in [6.07, 6.45) is 0. The summed E-state index contributed by atoms with van der Waals surface area (Å²) in [5.41, 5.74) is 2.05. The summed E-state index contributed by atoms with van der Waals surface area (Å²) in [6, 6.07) is 7.59. The van der Waals surface area contributed by atoms with E-state index in [1.165, 1.54) is 0 Å². The fraction of sp³-hybridized carbons (Fsp3) is 0.308. The largest absolute Gasteiger partial charge is 0.496 e. The van der Waals surface area contributed by atoms with Crippen LogP contribution in [-0.2, 0) is 11.5 Å². The molecule has 0 spiro atoms. The lowest BCUT2D eigenvalue weighted by atomic mass is 10.2. The first kappa shape index (κ1) is 13.3. The maximum absolute atomic E-state index is 5.98. The van der Waals surface area contributed by atoms with Gasteiger partial charge in [-0.15, -0.1) is 0 Å². The Morgan fingerprint density at radius 1 is 1.33 bits per heavy atom. The van der Waals surface area contributed by atoms with Crippen molar-refractivity contribution in [3.05, 3.63) is 46.3 Å². The predicted octanol–water partition coefficient (Wildman–Crippen LogP) is 4.08. The number of ether oxygens (including phenoxy) is 1. The second-order valence-corrected chi connectivity index (χ2v) is 5.30. The van der Waals surface area contributed by atoms with Crippen molar-refractivity contribution in [2.24, 2.45) is 0 Å². The van der Waals surface area contributed by atoms with Crippen molar-refractivity contribution in [2.45, 2.75) is 18.4 Å². The number of aromatic nitrogens is 1. The molecule has 0 radical (unpaired) electrons. The maximum Gasteiger partial charge on any atom is 0.133 e. The zero-order valence-electron chi connectivity index (χ0n) is 10.3. The lowest BCUT2D eigenvalue weighted by Crippen LogP contribution is -1.91. The van der Waals surface area contributed by atoms with E-state index in [2.05, 4.69) is 5.16 Å². The normalized spacial score (nSPS) is 10.6. The fourth-order valence-corrected chi connectivity index (χ4v) is 2.70. The van der Waals surface area contributed by atoms with Gasteiger partial charge >= 0.3 is 0 Å². The van der Waals surface area contributed by atoms with E-state index in [0.29, 0.717) is 0 Å². The van der Waals surface area contributed by atoms with Crippen LogP contribution in [0.5, 0.6) is 5.75 Å². The summed E-state index contributed by atoms with van der Waals surface area (Å²) >= 11 is 7.73. The molecule has 18 heavy (non-hydrogen) atoms. The number of methoxy groups -OCH3 is 1. The van der Waals surface area contributed by atoms with Gasteiger partial charge in [0.05, 0.1) is 12.8 Å². The third kappa shape index (κ3) is 3.43. The molecule has 1 heterocycles. The molecule has 0 unspecified atom stereocenters. The van der Waals surface area contributed by atoms with Gasteiger partial charge in [0.2, 0.25) is 0 Å². The van der Waals surface area contributed by atoms with E-state index in [1.54, 1.807) is 18.9 Å². The first-order chi connectivity index (χ1) is 8.69. The molecule has 0 fully saturated rings. The van der Waals surface area contributed by atoms with E-state index < -0.39 is 0 Å². The predicted molar refractivity (Wildman–Crippen MR) is 74.2 cm³/mol. The molecule has 2 aromatic rings. The van der Waals surface area contributed by atoms with Crippen molar-refractivity contribution in [2.75, 3.05) is 7.11 Å². The highest BCUT2D eigenvalue weighted by Crippen LogP contribution is 2.27. The molecule has 0 saturated carbocycles. The monoisotopic (exact) mass is 283 g/mol. The van der Waals surface area contributed by atoms with Gasteiger partial charge in [-0.05, 0) is 25.1 Å². The average Bonchev–Trinajstić information content (AvgIpc) is 2.75. The molecule has 1 aromatic carbocycles. The van der Waals surface area contributed by atoms with E-state index in [-0.39, 0.29) is 0 Å². The molecule has 0 aliphatic carbocycles. The van der Waals surface area contributed by atoms with Gasteiger partial charge in [0.25, 0.3) is 0 Å². The Labute approximate surface area is 115 Å². The van der Waals surface area contributed by atoms with Crippen molar-refractivity contribution in [3.63, 3.8) is 0 Å². The van der Waals surface area contributed by atoms with Crippen LogP contribution in [0.3, 0.4) is 0 Å². The third-order valence-corrected chi connectivity index (χ3v) is 3.68. The van der Waals surface area contributed by atoms with Crippen LogP contribution in [0.4, 0.5) is 0 Å². The Morgan fingerprint density at radius 3 is 2.83 bits per heavy atom. The molecule has 0 N–H and O–H groups in total. The number of benzene rings is 1. The summed E-state index contributed by atoms with van der Waals surface area (Å²) in [5.74, 6) is 3.34. The zero-order chi connectivity index (χ0) is 13.0. The van der Waals surface area contributed by atoms with Gasteiger partial charge < -0.3 is 9.26 Å². The first-order valence-corrected chi connectivity index (χ1v) is 7.04. The highest BCUT2D eigenvalue weighted by Gasteiger charge is 2.06. The van der Waals surface area contributed by atoms with Crippen LogP contribution < -0.4 is 4.74 Å². The lowest BCUT2D eigenvalue weighted by Gasteiger charge is -2.08. The Hall–Kier alpha value is -1.13. The number of thioether (sulfide) groups is 1. The van der Waals surface area contributed by atoms with Gasteiger partial charge in [0.1, 0.15) is 11.5 Å². The minimum Gasteiger partial charge on any atom is -0.496 e. The second kappa shape index (κ2) is 6.16. The number of rotatable bonds is 5. The van der Waals surface area contributed by atoms with Crippen molar-refractivity contribution in [1.82, 2.24) is 5.16 Å². The van der Waals surface area contributed by atoms with Crippen LogP contribution in [-0.4, -0.2) is 12.3 Å². The first-order valence-electron chi connectivity index (χ1n) is 5.51. The molecule has 0 bridgehead atoms. The van der Waals surface area contributed by atoms with Gasteiger partial charge in [-0.2, -0.15) is 11.8 Å². The van der Waals surface area contributed by atoms with E-state index in [1.807, 2.05) is 31.2 Å². The number of hydrogen-bond acceptors (Lipinski definition) is 4. The van der Waals surface area contributed by atoms with Crippen LogP contribution in [0.15, 0.2) is 28.8 Å². The van der Waals surface area contributed by atoms with Crippen LogP contribution in [0.1, 0.15) is 17.0 Å². The van der Waals surface area contributed by atoms with Crippen LogP contribution >= 0.6 is 23.4 Å². The summed E-state index contributed by atoms with van der Waals surface area (Å²) < 4.78 is 10.3. The van der Waals surface area contributed by atoms with Crippen molar-refractivity contribution in [1.29, 1.82) is 0 Å². The SMILES string of the molecule is COc1ccc(Cl)cc1CSCc1cc(C)on1. The summed E-state index contributed by atoms with van der Waals surface area (Å²) in [6.45, 7) is 1.89. The second-order valence-electron chi connectivity index (χ2n) is 3.88. The third-order valence-electron chi connectivity index (χ3n) is 2.43. The van der Waals surface area contributed by atoms with Crippen molar-refractivity contribution < 1.29 is 9.26 Å². The van der Waals surface area contributed by atoms with E-state index >= 15 is 0 Å². The van der Waals surface area contributed by atoms with Gasteiger partial charge in [-0.3, -0.25) is 0 Å². The standard InChI is InChI=1S/C13H14ClNO2S/c1-9-5-12(15-17-9)8-18-7-10-6-11(14)3-4-13(10)16-2/h3-6H,7-8H2,1-2H3. The van der Waals surface area contributed by atoms with Gasteiger partial charge in [-0.25, -0.2) is 0 Å². The molecule has 1 aromatic heterocycles. The summed E-state index contributed by atoms with van der Waals surface area (Å²) in [5, 5.41) is 4.68. The maximum atomic E-state index is 5.98. The molecule has 2 rings (SSSR count). The fourth-order valence-electron chi connectivity index (χ4n) is 1.61. The zero-order valence-corrected chi connectivity index (χ0v) is 11.8. The Kier molecular flexibility index (Phi) is 4.55.